The summed E-state index contributed by atoms with van der Waals surface area (Å²) in [5.74, 6) is -0.823. The molecule has 0 amide bonds. The SMILES string of the molecule is Cc1ccsc1-c1nnc(SCc2ncoc2C(F)(F)F)o1. The highest BCUT2D eigenvalue weighted by molar-refractivity contribution is 7.98. The van der Waals surface area contributed by atoms with Crippen LogP contribution in [0, 0.1) is 6.92 Å². The van der Waals surface area contributed by atoms with Crippen molar-refractivity contribution in [3.8, 4) is 10.8 Å². The smallest absolute Gasteiger partial charge is 0.439 e. The molecule has 0 radical (unpaired) electrons. The Kier molecular flexibility index (Phi) is 3.96. The Balaban J connectivity index is 1.72. The first-order valence-electron chi connectivity index (χ1n) is 5.95. The molecule has 0 aliphatic heterocycles. The largest absolute Gasteiger partial charge is 0.451 e. The first-order chi connectivity index (χ1) is 10.4. The van der Waals surface area contributed by atoms with Crippen molar-refractivity contribution in [2.24, 2.45) is 0 Å². The van der Waals surface area contributed by atoms with Gasteiger partial charge in [0.25, 0.3) is 11.1 Å². The van der Waals surface area contributed by atoms with Crippen molar-refractivity contribution < 1.29 is 22.0 Å². The molecule has 0 fully saturated rings. The number of aromatic nitrogens is 3. The third-order valence-corrected chi connectivity index (χ3v) is 4.53. The Labute approximate surface area is 130 Å². The van der Waals surface area contributed by atoms with Gasteiger partial charge in [-0.05, 0) is 23.9 Å². The number of aryl methyl sites for hydroxylation is 1. The molecule has 10 heteroatoms. The van der Waals surface area contributed by atoms with Crippen LogP contribution in [0.25, 0.3) is 10.8 Å². The summed E-state index contributed by atoms with van der Waals surface area (Å²) in [6.45, 7) is 1.91. The van der Waals surface area contributed by atoms with Crippen LogP contribution in [0.1, 0.15) is 17.0 Å². The summed E-state index contributed by atoms with van der Waals surface area (Å²) in [5, 5.41) is 9.79. The van der Waals surface area contributed by atoms with Crippen molar-refractivity contribution in [3.05, 3.63) is 34.9 Å². The van der Waals surface area contributed by atoms with Gasteiger partial charge in [-0.25, -0.2) is 4.98 Å². The Morgan fingerprint density at radius 1 is 1.32 bits per heavy atom. The van der Waals surface area contributed by atoms with Gasteiger partial charge >= 0.3 is 6.18 Å². The van der Waals surface area contributed by atoms with Crippen LogP contribution < -0.4 is 0 Å². The van der Waals surface area contributed by atoms with Crippen LogP contribution in [0.5, 0.6) is 0 Å². The van der Waals surface area contributed by atoms with Crippen LogP contribution >= 0.6 is 23.1 Å². The molecule has 0 aromatic carbocycles. The zero-order valence-corrected chi connectivity index (χ0v) is 12.7. The molecule has 0 unspecified atom stereocenters. The molecule has 0 saturated carbocycles. The van der Waals surface area contributed by atoms with Crippen LogP contribution in [0.15, 0.2) is 31.9 Å². The molecule has 3 aromatic heterocycles. The van der Waals surface area contributed by atoms with E-state index in [1.807, 2.05) is 18.4 Å². The Hall–Kier alpha value is -1.81. The summed E-state index contributed by atoms with van der Waals surface area (Å²) in [6, 6.07) is 1.92. The molecule has 3 heterocycles. The molecular formula is C12H8F3N3O2S2. The summed E-state index contributed by atoms with van der Waals surface area (Å²) in [6.07, 6.45) is -3.80. The van der Waals surface area contributed by atoms with Crippen molar-refractivity contribution in [1.82, 2.24) is 15.2 Å². The van der Waals surface area contributed by atoms with Crippen molar-refractivity contribution in [2.75, 3.05) is 0 Å². The average molecular weight is 347 g/mol. The number of alkyl halides is 3. The number of hydrogen-bond acceptors (Lipinski definition) is 7. The summed E-state index contributed by atoms with van der Waals surface area (Å²) in [7, 11) is 0. The highest BCUT2D eigenvalue weighted by Gasteiger charge is 2.38. The highest BCUT2D eigenvalue weighted by Crippen LogP contribution is 2.35. The number of nitrogens with zero attached hydrogens (tertiary/aromatic N) is 3. The van der Waals surface area contributed by atoms with Gasteiger partial charge in [0.2, 0.25) is 5.76 Å². The van der Waals surface area contributed by atoms with Gasteiger partial charge in [-0.3, -0.25) is 0 Å². The fraction of sp³-hybridized carbons (Fsp3) is 0.250. The fourth-order valence-corrected chi connectivity index (χ4v) is 3.23. The maximum Gasteiger partial charge on any atom is 0.451 e. The lowest BCUT2D eigenvalue weighted by Gasteiger charge is -2.03. The van der Waals surface area contributed by atoms with E-state index >= 15 is 0 Å². The Morgan fingerprint density at radius 3 is 2.82 bits per heavy atom. The van der Waals surface area contributed by atoms with Crippen LogP contribution in [0.2, 0.25) is 0 Å². The first-order valence-corrected chi connectivity index (χ1v) is 7.82. The Bertz CT molecular complexity index is 779. The molecule has 22 heavy (non-hydrogen) atoms. The monoisotopic (exact) mass is 347 g/mol. The van der Waals surface area contributed by atoms with Gasteiger partial charge in [0.15, 0.2) is 6.39 Å². The van der Waals surface area contributed by atoms with Crippen LogP contribution in [-0.4, -0.2) is 15.2 Å². The summed E-state index contributed by atoms with van der Waals surface area (Å²) in [5.41, 5.74) is 0.797. The van der Waals surface area contributed by atoms with E-state index in [1.54, 1.807) is 0 Å². The maximum atomic E-state index is 12.6. The van der Waals surface area contributed by atoms with E-state index in [4.69, 9.17) is 4.42 Å². The van der Waals surface area contributed by atoms with Gasteiger partial charge in [-0.15, -0.1) is 21.5 Å². The standard InChI is InChI=1S/C12H8F3N3O2S2/c1-6-2-3-21-8(6)10-17-18-11(20-10)22-4-7-9(12(13,14)15)19-5-16-7/h2-3,5H,4H2,1H3. The van der Waals surface area contributed by atoms with Gasteiger partial charge < -0.3 is 8.83 Å². The molecule has 0 aliphatic rings. The van der Waals surface area contributed by atoms with Crippen molar-refractivity contribution in [1.29, 1.82) is 0 Å². The van der Waals surface area contributed by atoms with Gasteiger partial charge in [-0.2, -0.15) is 13.2 Å². The number of rotatable bonds is 4. The molecule has 116 valence electrons. The van der Waals surface area contributed by atoms with E-state index in [9.17, 15) is 13.2 Å². The normalized spacial score (nSPS) is 12.0. The minimum atomic E-state index is -4.57. The fourth-order valence-electron chi connectivity index (χ4n) is 1.68. The molecule has 5 nitrogen and oxygen atoms in total. The number of thioether (sulfide) groups is 1. The quantitative estimate of drug-likeness (QED) is 0.652. The molecule has 0 bridgehead atoms. The van der Waals surface area contributed by atoms with E-state index in [-0.39, 0.29) is 16.7 Å². The van der Waals surface area contributed by atoms with Gasteiger partial charge in [0.1, 0.15) is 5.69 Å². The predicted octanol–water partition coefficient (Wildman–Crippen LogP) is 4.41. The molecular weight excluding hydrogens is 339 g/mol. The van der Waals surface area contributed by atoms with Crippen molar-refractivity contribution >= 4 is 23.1 Å². The third kappa shape index (κ3) is 3.02. The van der Waals surface area contributed by atoms with E-state index < -0.39 is 11.9 Å². The highest BCUT2D eigenvalue weighted by atomic mass is 32.2. The molecule has 0 saturated heterocycles. The summed E-state index contributed by atoms with van der Waals surface area (Å²) in [4.78, 5) is 4.42. The molecule has 3 aromatic rings. The third-order valence-electron chi connectivity index (χ3n) is 2.69. The van der Waals surface area contributed by atoms with Gasteiger partial charge in [0, 0.05) is 5.75 Å². The van der Waals surface area contributed by atoms with E-state index in [1.165, 1.54) is 11.3 Å². The minimum absolute atomic E-state index is 0.0730. The Morgan fingerprint density at radius 2 is 2.14 bits per heavy atom. The van der Waals surface area contributed by atoms with E-state index in [0.717, 1.165) is 28.6 Å². The van der Waals surface area contributed by atoms with E-state index in [2.05, 4.69) is 19.6 Å². The summed E-state index contributed by atoms with van der Waals surface area (Å²) < 4.78 is 47.8. The van der Waals surface area contributed by atoms with Gasteiger partial charge in [-0.1, -0.05) is 11.8 Å². The molecule has 0 atom stereocenters. The molecule has 0 spiro atoms. The number of oxazole rings is 1. The van der Waals surface area contributed by atoms with Crippen LogP contribution in [-0.2, 0) is 11.9 Å². The molecule has 0 N–H and O–H groups in total. The van der Waals surface area contributed by atoms with Crippen LogP contribution in [0.4, 0.5) is 13.2 Å². The number of hydrogen-bond donors (Lipinski definition) is 0. The van der Waals surface area contributed by atoms with Crippen molar-refractivity contribution in [2.45, 2.75) is 24.1 Å². The lowest BCUT2D eigenvalue weighted by Crippen LogP contribution is -2.06. The zero-order valence-electron chi connectivity index (χ0n) is 11.0. The zero-order chi connectivity index (χ0) is 15.7. The maximum absolute atomic E-state index is 12.6. The minimum Gasteiger partial charge on any atom is -0.439 e. The number of thiophene rings is 1. The second kappa shape index (κ2) is 5.76. The van der Waals surface area contributed by atoms with Crippen molar-refractivity contribution in [3.63, 3.8) is 0 Å². The molecule has 0 aliphatic carbocycles. The summed E-state index contributed by atoms with van der Waals surface area (Å²) >= 11 is 2.43. The first kappa shape index (κ1) is 15.1. The molecule has 3 rings (SSSR count). The lowest BCUT2D eigenvalue weighted by atomic mass is 10.3. The second-order valence-corrected chi connectivity index (χ2v) is 6.06. The second-order valence-electron chi connectivity index (χ2n) is 4.22. The van der Waals surface area contributed by atoms with Gasteiger partial charge in [0.05, 0.1) is 4.88 Å². The predicted molar refractivity (Wildman–Crippen MR) is 73.4 cm³/mol. The number of halogens is 3. The van der Waals surface area contributed by atoms with E-state index in [0.29, 0.717) is 5.89 Å². The van der Waals surface area contributed by atoms with Crippen LogP contribution in [0.3, 0.4) is 0 Å². The lowest BCUT2D eigenvalue weighted by molar-refractivity contribution is -0.153. The average Bonchev–Trinajstić information content (AvgIpc) is 3.14. The topological polar surface area (TPSA) is 65.0 Å².